The number of hydrogen-bond acceptors (Lipinski definition) is 5. The van der Waals surface area contributed by atoms with Crippen molar-refractivity contribution in [3.8, 4) is 0 Å². The Hall–Kier alpha value is 0.440. The summed E-state index contributed by atoms with van der Waals surface area (Å²) >= 11 is 0.613. The predicted octanol–water partition coefficient (Wildman–Crippen LogP) is -1.68. The van der Waals surface area contributed by atoms with E-state index in [-0.39, 0.29) is 29.6 Å². The molecule has 0 aliphatic carbocycles. The van der Waals surface area contributed by atoms with E-state index in [2.05, 4.69) is 3.63 Å². The van der Waals surface area contributed by atoms with Crippen LogP contribution >= 0.6 is 12.0 Å². The maximum atomic E-state index is 10.0. The standard InChI is InChI=1S/C7H8O4S2.Na/c8-13(9,10)11-12-6-7-4-2-1-3-5-7;/h1-5H,6H2,(H,8,9,10);/q;+1/p-1. The van der Waals surface area contributed by atoms with Crippen molar-refractivity contribution in [1.29, 1.82) is 0 Å². The molecular weight excluding hydrogens is 235 g/mol. The minimum atomic E-state index is -4.58. The molecule has 0 atom stereocenters. The minimum absolute atomic E-state index is 0. The van der Waals surface area contributed by atoms with Crippen molar-refractivity contribution in [3.05, 3.63) is 35.9 Å². The Labute approximate surface area is 109 Å². The normalized spacial score (nSPS) is 10.6. The Morgan fingerprint density at radius 1 is 1.29 bits per heavy atom. The van der Waals surface area contributed by atoms with Crippen LogP contribution in [0.4, 0.5) is 0 Å². The molecule has 14 heavy (non-hydrogen) atoms. The maximum Gasteiger partial charge on any atom is 1.00 e. The third-order valence-corrected chi connectivity index (χ3v) is 2.70. The van der Waals surface area contributed by atoms with Gasteiger partial charge in [-0.3, -0.25) is 0 Å². The van der Waals surface area contributed by atoms with Gasteiger partial charge < -0.3 is 4.55 Å². The molecule has 1 rings (SSSR count). The van der Waals surface area contributed by atoms with Crippen LogP contribution in [0, 0.1) is 0 Å². The van der Waals surface area contributed by atoms with Gasteiger partial charge in [0.1, 0.15) is 0 Å². The van der Waals surface area contributed by atoms with Crippen LogP contribution in [0.5, 0.6) is 0 Å². The molecule has 0 aliphatic heterocycles. The largest absolute Gasteiger partial charge is 1.00 e. The number of benzene rings is 1. The van der Waals surface area contributed by atoms with Crippen LogP contribution in [-0.2, 0) is 19.8 Å². The maximum absolute atomic E-state index is 10.0. The molecule has 7 heteroatoms. The van der Waals surface area contributed by atoms with Crippen molar-refractivity contribution in [3.63, 3.8) is 0 Å². The van der Waals surface area contributed by atoms with E-state index < -0.39 is 10.4 Å². The fraction of sp³-hybridized carbons (Fsp3) is 0.143. The van der Waals surface area contributed by atoms with Gasteiger partial charge in [0.15, 0.2) is 0 Å². The molecule has 72 valence electrons. The van der Waals surface area contributed by atoms with Crippen LogP contribution in [0.1, 0.15) is 5.56 Å². The van der Waals surface area contributed by atoms with Crippen molar-refractivity contribution >= 4 is 22.4 Å². The quantitative estimate of drug-likeness (QED) is 0.273. The molecule has 0 aliphatic rings. The second-order valence-electron chi connectivity index (χ2n) is 2.22. The molecule has 0 amide bonds. The van der Waals surface area contributed by atoms with Gasteiger partial charge in [-0.1, -0.05) is 30.3 Å². The van der Waals surface area contributed by atoms with Crippen molar-refractivity contribution < 1.29 is 46.2 Å². The van der Waals surface area contributed by atoms with E-state index in [9.17, 15) is 13.0 Å². The van der Waals surface area contributed by atoms with E-state index in [1.807, 2.05) is 30.3 Å². The molecule has 0 heterocycles. The summed E-state index contributed by atoms with van der Waals surface area (Å²) in [4.78, 5) is 0. The molecule has 0 radical (unpaired) electrons. The van der Waals surface area contributed by atoms with Crippen LogP contribution in [-0.4, -0.2) is 13.0 Å². The van der Waals surface area contributed by atoms with Gasteiger partial charge in [-0.15, -0.1) is 0 Å². The molecule has 0 saturated carbocycles. The summed E-state index contributed by atoms with van der Waals surface area (Å²) in [6.45, 7) is 0. The molecular formula is C7H7NaO4S2. The number of hydrogen-bond donors (Lipinski definition) is 0. The summed E-state index contributed by atoms with van der Waals surface area (Å²) in [6, 6.07) is 9.12. The van der Waals surface area contributed by atoms with Gasteiger partial charge in [-0.2, -0.15) is 0 Å². The first-order valence-electron chi connectivity index (χ1n) is 3.39. The Morgan fingerprint density at radius 2 is 1.86 bits per heavy atom. The molecule has 4 nitrogen and oxygen atoms in total. The van der Waals surface area contributed by atoms with Gasteiger partial charge >= 0.3 is 29.6 Å². The number of rotatable bonds is 4. The zero-order chi connectivity index (χ0) is 9.73. The van der Waals surface area contributed by atoms with Crippen molar-refractivity contribution in [2.75, 3.05) is 0 Å². The van der Waals surface area contributed by atoms with Gasteiger partial charge in [0.05, 0.1) is 0 Å². The molecule has 0 spiro atoms. The van der Waals surface area contributed by atoms with Crippen LogP contribution in [0.15, 0.2) is 30.3 Å². The average molecular weight is 242 g/mol. The summed E-state index contributed by atoms with van der Waals surface area (Å²) in [5.74, 6) is 0.336. The van der Waals surface area contributed by atoms with Gasteiger partial charge in [0, 0.05) is 17.8 Å². The van der Waals surface area contributed by atoms with E-state index in [1.165, 1.54) is 0 Å². The Morgan fingerprint density at radius 3 is 2.36 bits per heavy atom. The van der Waals surface area contributed by atoms with Gasteiger partial charge in [-0.25, -0.2) is 12.0 Å². The molecule has 1 aromatic carbocycles. The Balaban J connectivity index is 0.00000169. The van der Waals surface area contributed by atoms with Gasteiger partial charge in [0.25, 0.3) is 0 Å². The first-order valence-corrected chi connectivity index (χ1v) is 5.63. The summed E-state index contributed by atoms with van der Waals surface area (Å²) in [6.07, 6.45) is 0. The van der Waals surface area contributed by atoms with Gasteiger partial charge in [0.2, 0.25) is 10.4 Å². The van der Waals surface area contributed by atoms with E-state index >= 15 is 0 Å². The van der Waals surface area contributed by atoms with Crippen LogP contribution in [0.3, 0.4) is 0 Å². The zero-order valence-electron chi connectivity index (χ0n) is 7.54. The fourth-order valence-corrected chi connectivity index (χ4v) is 1.72. The monoisotopic (exact) mass is 242 g/mol. The topological polar surface area (TPSA) is 66.4 Å². The predicted molar refractivity (Wildman–Crippen MR) is 48.5 cm³/mol. The van der Waals surface area contributed by atoms with Gasteiger partial charge in [-0.05, 0) is 5.56 Å². The first kappa shape index (κ1) is 14.4. The first-order chi connectivity index (χ1) is 6.08. The molecule has 0 unspecified atom stereocenters. The third-order valence-electron chi connectivity index (χ3n) is 1.20. The van der Waals surface area contributed by atoms with Crippen molar-refractivity contribution in [2.24, 2.45) is 0 Å². The summed E-state index contributed by atoms with van der Waals surface area (Å²) in [5, 5.41) is 0. The Kier molecular flexibility index (Phi) is 7.05. The molecule has 1 aromatic rings. The van der Waals surface area contributed by atoms with E-state index in [4.69, 9.17) is 0 Å². The van der Waals surface area contributed by atoms with Crippen LogP contribution < -0.4 is 29.6 Å². The van der Waals surface area contributed by atoms with E-state index in [0.29, 0.717) is 17.8 Å². The second-order valence-corrected chi connectivity index (χ2v) is 4.11. The third kappa shape index (κ3) is 6.83. The smallest absolute Gasteiger partial charge is 0.725 e. The Bertz CT molecular complexity index is 351. The van der Waals surface area contributed by atoms with Crippen LogP contribution in [0.25, 0.3) is 0 Å². The molecule has 0 saturated heterocycles. The molecule has 0 aromatic heterocycles. The molecule has 0 bridgehead atoms. The minimum Gasteiger partial charge on any atom is -0.725 e. The summed E-state index contributed by atoms with van der Waals surface area (Å²) < 4.78 is 34.0. The molecule has 0 N–H and O–H groups in total. The SMILES string of the molecule is O=S(=O)([O-])OSCc1ccccc1.[Na+]. The van der Waals surface area contributed by atoms with E-state index in [0.717, 1.165) is 5.56 Å². The van der Waals surface area contributed by atoms with E-state index in [1.54, 1.807) is 0 Å². The summed E-state index contributed by atoms with van der Waals surface area (Å²) in [5.41, 5.74) is 0.899. The van der Waals surface area contributed by atoms with Crippen molar-refractivity contribution in [2.45, 2.75) is 5.75 Å². The second kappa shape index (κ2) is 6.84. The van der Waals surface area contributed by atoms with Crippen LogP contribution in [0.2, 0.25) is 0 Å². The molecule has 0 fully saturated rings. The van der Waals surface area contributed by atoms with Crippen molar-refractivity contribution in [1.82, 2.24) is 0 Å². The zero-order valence-corrected chi connectivity index (χ0v) is 11.2. The fourth-order valence-electron chi connectivity index (χ4n) is 0.725. The summed E-state index contributed by atoms with van der Waals surface area (Å²) in [7, 11) is -4.58. The average Bonchev–Trinajstić information content (AvgIpc) is 2.04.